The van der Waals surface area contributed by atoms with E-state index in [1.54, 1.807) is 0 Å². The molecule has 2 N–H and O–H groups in total. The lowest BCUT2D eigenvalue weighted by atomic mass is 10.7. The third-order valence-electron chi connectivity index (χ3n) is 0.789. The minimum absolute atomic E-state index is 0.761. The van der Waals surface area contributed by atoms with Gasteiger partial charge in [-0.15, -0.1) is 0 Å². The molecule has 0 spiro atoms. The lowest BCUT2D eigenvalue weighted by Gasteiger charge is -1.89. The monoisotopic (exact) mass is 145 g/mol. The van der Waals surface area contributed by atoms with Gasteiger partial charge in [-0.2, -0.15) is 0 Å². The minimum Gasteiger partial charge on any atom is -0.542 e. The van der Waals surface area contributed by atoms with E-state index in [0.717, 1.165) is 23.5 Å². The van der Waals surface area contributed by atoms with Crippen molar-refractivity contribution in [1.82, 2.24) is 4.98 Å². The predicted molar refractivity (Wildman–Crippen MR) is 39.5 cm³/mol. The van der Waals surface area contributed by atoms with Crippen LogP contribution in [0.15, 0.2) is 18.3 Å². The van der Waals surface area contributed by atoms with E-state index in [9.17, 15) is 0 Å². The van der Waals surface area contributed by atoms with E-state index in [4.69, 9.17) is 9.53 Å². The van der Waals surface area contributed by atoms with Crippen LogP contribution in [0.5, 0.6) is 5.88 Å². The highest BCUT2D eigenvalue weighted by molar-refractivity contribution is 5.99. The van der Waals surface area contributed by atoms with Crippen molar-refractivity contribution in [1.29, 1.82) is 0 Å². The quantitative estimate of drug-likeness (QED) is 0.512. The van der Waals surface area contributed by atoms with Crippen molar-refractivity contribution in [3.63, 3.8) is 0 Å². The van der Waals surface area contributed by atoms with Crippen LogP contribution in [0.4, 0.5) is 0 Å². The van der Waals surface area contributed by atoms with Gasteiger partial charge in [0.2, 0.25) is 10.5 Å². The topological polar surface area (TPSA) is 45.2 Å². The molecule has 0 aliphatic heterocycles. The fourth-order valence-corrected chi connectivity index (χ4v) is 0.695. The number of aromatic nitrogens is 1. The molecule has 0 aliphatic rings. The van der Waals surface area contributed by atoms with Crippen LogP contribution >= 0.6 is 0 Å². The summed E-state index contributed by atoms with van der Waals surface area (Å²) in [4.78, 5) is 2.90. The summed E-state index contributed by atoms with van der Waals surface area (Å²) in [5, 5.41) is 7.00. The highest BCUT2D eigenvalue weighted by Crippen LogP contribution is 2.00. The molecule has 9 heavy (non-hydrogen) atoms. The van der Waals surface area contributed by atoms with E-state index in [2.05, 4.69) is 4.98 Å². The molecule has 0 saturated heterocycles. The Labute approximate surface area is 57.2 Å². The van der Waals surface area contributed by atoms with E-state index >= 15 is 0 Å². The number of rotatable bonds is 1. The minimum atomic E-state index is 0.761. The molecule has 0 fully saturated rings. The predicted octanol–water partition coefficient (Wildman–Crippen LogP) is -0.718. The Hall–Kier alpha value is -0.743. The smallest absolute Gasteiger partial charge is 0.206 e. The zero-order valence-electron chi connectivity index (χ0n) is 5.59. The molecule has 0 bridgehead atoms. The molecule has 0 radical (unpaired) electrons. The molecule has 1 heterocycles. The lowest BCUT2D eigenvalue weighted by molar-refractivity contribution is 0.399. The van der Waals surface area contributed by atoms with Gasteiger partial charge in [-0.1, -0.05) is 0 Å². The fourth-order valence-electron chi connectivity index (χ4n) is 0.441. The molecular formula is C5H11NO2Si. The number of aromatic amines is 1. The van der Waals surface area contributed by atoms with Crippen LogP contribution in [-0.2, 0) is 0 Å². The van der Waals surface area contributed by atoms with E-state index in [0.29, 0.717) is 0 Å². The van der Waals surface area contributed by atoms with Crippen molar-refractivity contribution in [2.45, 2.75) is 0 Å². The first kappa shape index (κ1) is 8.26. The van der Waals surface area contributed by atoms with Crippen LogP contribution in [0.3, 0.4) is 0 Å². The molecule has 1 aromatic heterocycles. The summed E-state index contributed by atoms with van der Waals surface area (Å²) in [5.41, 5.74) is 0. The lowest BCUT2D eigenvalue weighted by Crippen LogP contribution is -1.81. The van der Waals surface area contributed by atoms with Gasteiger partial charge in [0.25, 0.3) is 0 Å². The number of nitrogens with one attached hydrogen (secondary N) is 1. The molecule has 4 heteroatoms. The van der Waals surface area contributed by atoms with E-state index in [1.165, 1.54) is 0 Å². The van der Waals surface area contributed by atoms with Gasteiger partial charge in [0.1, 0.15) is 0 Å². The Morgan fingerprint density at radius 3 is 2.56 bits per heavy atom. The zero-order valence-corrected chi connectivity index (χ0v) is 7.59. The van der Waals surface area contributed by atoms with Gasteiger partial charge in [-0.25, -0.2) is 0 Å². The largest absolute Gasteiger partial charge is 0.542 e. The highest BCUT2D eigenvalue weighted by Gasteiger charge is 1.80. The van der Waals surface area contributed by atoms with Crippen molar-refractivity contribution < 1.29 is 9.53 Å². The van der Waals surface area contributed by atoms with E-state index in [1.807, 2.05) is 18.3 Å². The van der Waals surface area contributed by atoms with Gasteiger partial charge in [0.15, 0.2) is 5.88 Å². The van der Waals surface area contributed by atoms with Crippen molar-refractivity contribution in [3.8, 4) is 5.88 Å². The molecule has 0 unspecified atom stereocenters. The van der Waals surface area contributed by atoms with E-state index < -0.39 is 0 Å². The van der Waals surface area contributed by atoms with Gasteiger partial charge in [0, 0.05) is 13.3 Å². The molecule has 3 nitrogen and oxygen atoms in total. The Bertz CT molecular complexity index is 130. The summed E-state index contributed by atoms with van der Waals surface area (Å²) in [6, 6.07) is 3.81. The molecule has 0 saturated carbocycles. The second-order valence-corrected chi connectivity index (χ2v) is 1.65. The second-order valence-electron chi connectivity index (χ2n) is 1.24. The van der Waals surface area contributed by atoms with Crippen molar-refractivity contribution in [2.24, 2.45) is 0 Å². The van der Waals surface area contributed by atoms with Gasteiger partial charge >= 0.3 is 0 Å². The first-order valence-corrected chi connectivity index (χ1v) is 3.37. The molecule has 0 aromatic carbocycles. The van der Waals surface area contributed by atoms with Gasteiger partial charge in [0.05, 0.1) is 0 Å². The second kappa shape index (κ2) is 5.39. The Balaban J connectivity index is 0.000000291. The van der Waals surface area contributed by atoms with Crippen molar-refractivity contribution in [2.75, 3.05) is 7.11 Å². The Morgan fingerprint density at radius 1 is 1.67 bits per heavy atom. The van der Waals surface area contributed by atoms with Gasteiger partial charge < -0.3 is 14.5 Å². The average molecular weight is 145 g/mol. The van der Waals surface area contributed by atoms with Crippen LogP contribution in [0.2, 0.25) is 0 Å². The maximum absolute atomic E-state index is 7.00. The number of H-pyrrole nitrogens is 1. The van der Waals surface area contributed by atoms with Crippen LogP contribution in [0.25, 0.3) is 0 Å². The number of aliphatic hydroxyl groups is 1. The van der Waals surface area contributed by atoms with Crippen LogP contribution in [0, 0.1) is 0 Å². The first-order valence-electron chi connectivity index (χ1n) is 2.55. The molecular weight excluding hydrogens is 134 g/mol. The van der Waals surface area contributed by atoms with Crippen molar-refractivity contribution >= 4 is 10.5 Å². The average Bonchev–Trinajstić information content (AvgIpc) is 2.43. The summed E-state index contributed by atoms with van der Waals surface area (Å²) < 4.78 is 4.94. The third kappa shape index (κ3) is 2.94. The summed E-state index contributed by atoms with van der Waals surface area (Å²) in [6.45, 7) is 0. The summed E-state index contributed by atoms with van der Waals surface area (Å²) in [7, 11) is 1.76. The maximum atomic E-state index is 7.00. The van der Waals surface area contributed by atoms with E-state index in [-0.39, 0.29) is 0 Å². The molecule has 0 atom stereocenters. The van der Waals surface area contributed by atoms with Gasteiger partial charge in [-0.05, 0) is 12.1 Å². The molecule has 52 valence electrons. The third-order valence-corrected chi connectivity index (χ3v) is 1.23. The highest BCUT2D eigenvalue weighted by atomic mass is 28.2. The SMILES string of the molecule is CO.[SiH3]Oc1ccc[nH]1. The van der Waals surface area contributed by atoms with Crippen LogP contribution in [0.1, 0.15) is 0 Å². The van der Waals surface area contributed by atoms with Gasteiger partial charge in [-0.3, -0.25) is 0 Å². The molecule has 1 aromatic rings. The molecule has 1 rings (SSSR count). The van der Waals surface area contributed by atoms with Crippen molar-refractivity contribution in [3.05, 3.63) is 18.3 Å². The normalized spacial score (nSPS) is 7.78. The standard InChI is InChI=1S/C4H7NOSi.CH4O/c7-6-4-2-1-3-5-4;1-2/h1-3,5H,7H3;2H,1H3. The Kier molecular flexibility index (Phi) is 4.95. The number of hydrogen-bond acceptors (Lipinski definition) is 2. The summed E-state index contributed by atoms with van der Waals surface area (Å²) in [6.07, 6.45) is 1.84. The first-order chi connectivity index (χ1) is 4.43. The summed E-state index contributed by atoms with van der Waals surface area (Å²) >= 11 is 0. The fraction of sp³-hybridized carbons (Fsp3) is 0.200. The van der Waals surface area contributed by atoms with Crippen LogP contribution < -0.4 is 4.43 Å². The summed E-state index contributed by atoms with van der Waals surface area (Å²) in [5.74, 6) is 0.867. The van der Waals surface area contributed by atoms with Crippen LogP contribution in [-0.4, -0.2) is 27.7 Å². The Morgan fingerprint density at radius 2 is 2.33 bits per heavy atom. The maximum Gasteiger partial charge on any atom is 0.206 e. The number of hydrogen-bond donors (Lipinski definition) is 2. The number of aliphatic hydroxyl groups excluding tert-OH is 1. The molecule has 0 amide bonds. The zero-order chi connectivity index (χ0) is 7.11. The molecule has 0 aliphatic carbocycles.